The molecule has 0 aliphatic heterocycles. The van der Waals surface area contributed by atoms with Gasteiger partial charge in [-0.05, 0) is 48.9 Å². The highest BCUT2D eigenvalue weighted by Gasteiger charge is 2.33. The molecule has 0 aliphatic rings. The second-order valence-corrected chi connectivity index (χ2v) is 8.07. The lowest BCUT2D eigenvalue weighted by Crippen LogP contribution is -2.24. The van der Waals surface area contributed by atoms with Crippen LogP contribution < -0.4 is 14.8 Å². The van der Waals surface area contributed by atoms with Crippen molar-refractivity contribution in [1.82, 2.24) is 4.72 Å². The first kappa shape index (κ1) is 23.0. The Hall–Kier alpha value is -2.30. The van der Waals surface area contributed by atoms with Gasteiger partial charge in [0.2, 0.25) is 10.0 Å². The number of hydrogen-bond acceptors (Lipinski definition) is 4. The minimum Gasteiger partial charge on any atom is -0.484 e. The molecule has 6 nitrogen and oxygen atoms in total. The zero-order valence-corrected chi connectivity index (χ0v) is 16.8. The highest BCUT2D eigenvalue weighted by molar-refractivity contribution is 7.89. The first-order valence-electron chi connectivity index (χ1n) is 8.42. The van der Waals surface area contributed by atoms with Crippen LogP contribution in [0, 0.1) is 0 Å². The van der Waals surface area contributed by atoms with Gasteiger partial charge in [-0.1, -0.05) is 18.5 Å². The number of carbonyl (C=O) groups is 1. The molecular formula is C18H18ClF3N2O4S. The van der Waals surface area contributed by atoms with Crippen LogP contribution in [0.2, 0.25) is 5.02 Å². The Morgan fingerprint density at radius 2 is 1.79 bits per heavy atom. The third-order valence-corrected chi connectivity index (χ3v) is 5.41. The summed E-state index contributed by atoms with van der Waals surface area (Å²) in [7, 11) is -3.62. The predicted octanol–water partition coefficient (Wildman–Crippen LogP) is 4.06. The van der Waals surface area contributed by atoms with E-state index in [0.29, 0.717) is 13.0 Å². The van der Waals surface area contributed by atoms with E-state index in [1.54, 1.807) is 0 Å². The van der Waals surface area contributed by atoms with Crippen molar-refractivity contribution < 1.29 is 31.1 Å². The molecule has 158 valence electrons. The summed E-state index contributed by atoms with van der Waals surface area (Å²) in [5, 5.41) is 1.81. The third kappa shape index (κ3) is 6.62. The Labute approximate surface area is 171 Å². The van der Waals surface area contributed by atoms with Crippen LogP contribution in [0.5, 0.6) is 5.75 Å². The average Bonchev–Trinajstić information content (AvgIpc) is 2.66. The summed E-state index contributed by atoms with van der Waals surface area (Å²) in [4.78, 5) is 12.0. The fourth-order valence-electron chi connectivity index (χ4n) is 2.20. The van der Waals surface area contributed by atoms with E-state index in [1.165, 1.54) is 30.3 Å². The molecule has 2 rings (SSSR count). The van der Waals surface area contributed by atoms with Gasteiger partial charge in [0.15, 0.2) is 6.61 Å². The highest BCUT2D eigenvalue weighted by Crippen LogP contribution is 2.36. The van der Waals surface area contributed by atoms with E-state index in [4.69, 9.17) is 16.3 Å². The maximum absolute atomic E-state index is 12.9. The SMILES string of the molecule is CCCNS(=O)(=O)c1ccc(OCC(=O)Nc2ccc(Cl)c(C(F)(F)F)c2)cc1. The van der Waals surface area contributed by atoms with Gasteiger partial charge in [0.1, 0.15) is 5.75 Å². The minimum atomic E-state index is -4.65. The maximum atomic E-state index is 12.9. The van der Waals surface area contributed by atoms with Gasteiger partial charge >= 0.3 is 6.18 Å². The fourth-order valence-corrected chi connectivity index (χ4v) is 3.56. The summed E-state index contributed by atoms with van der Waals surface area (Å²) in [5.74, 6) is -0.469. The highest BCUT2D eigenvalue weighted by atomic mass is 35.5. The lowest BCUT2D eigenvalue weighted by molar-refractivity contribution is -0.137. The molecule has 2 N–H and O–H groups in total. The number of ether oxygens (including phenoxy) is 1. The summed E-state index contributed by atoms with van der Waals surface area (Å²) < 4.78 is 70.2. The van der Waals surface area contributed by atoms with Crippen molar-refractivity contribution in [2.75, 3.05) is 18.5 Å². The van der Waals surface area contributed by atoms with E-state index < -0.39 is 39.3 Å². The average molecular weight is 451 g/mol. The predicted molar refractivity (Wildman–Crippen MR) is 103 cm³/mol. The third-order valence-electron chi connectivity index (χ3n) is 3.60. The van der Waals surface area contributed by atoms with E-state index in [-0.39, 0.29) is 16.3 Å². The molecule has 0 bridgehead atoms. The Kier molecular flexibility index (Phi) is 7.50. The summed E-state index contributed by atoms with van der Waals surface area (Å²) in [6.45, 7) is 1.66. The van der Waals surface area contributed by atoms with E-state index >= 15 is 0 Å². The number of rotatable bonds is 8. The Morgan fingerprint density at radius 1 is 1.14 bits per heavy atom. The number of alkyl halides is 3. The molecule has 2 aromatic rings. The first-order chi connectivity index (χ1) is 13.5. The second kappa shape index (κ2) is 9.47. The number of hydrogen-bond donors (Lipinski definition) is 2. The summed E-state index contributed by atoms with van der Waals surface area (Å²) in [6.07, 6.45) is -4.00. The Balaban J connectivity index is 1.96. The minimum absolute atomic E-state index is 0.0450. The molecule has 0 atom stereocenters. The number of carbonyl (C=O) groups excluding carboxylic acids is 1. The Morgan fingerprint density at radius 3 is 2.38 bits per heavy atom. The molecule has 1 amide bonds. The van der Waals surface area contributed by atoms with Gasteiger partial charge < -0.3 is 10.1 Å². The standard InChI is InChI=1S/C18H18ClF3N2O4S/c1-2-9-23-29(26,27)14-6-4-13(5-7-14)28-11-17(25)24-12-3-8-16(19)15(10-12)18(20,21)22/h3-8,10,23H,2,9,11H2,1H3,(H,24,25). The quantitative estimate of drug-likeness (QED) is 0.635. The van der Waals surface area contributed by atoms with Crippen LogP contribution in [0.3, 0.4) is 0 Å². The second-order valence-electron chi connectivity index (χ2n) is 5.90. The van der Waals surface area contributed by atoms with Gasteiger partial charge in [0.25, 0.3) is 5.91 Å². The monoisotopic (exact) mass is 450 g/mol. The molecule has 0 heterocycles. The number of anilines is 1. The van der Waals surface area contributed by atoms with Crippen LogP contribution in [0.25, 0.3) is 0 Å². The van der Waals surface area contributed by atoms with Crippen molar-refractivity contribution in [3.05, 3.63) is 53.1 Å². The van der Waals surface area contributed by atoms with Crippen LogP contribution in [-0.4, -0.2) is 27.5 Å². The van der Waals surface area contributed by atoms with Crippen molar-refractivity contribution >= 4 is 33.2 Å². The van der Waals surface area contributed by atoms with Gasteiger partial charge in [-0.3, -0.25) is 4.79 Å². The molecule has 0 saturated carbocycles. The van der Waals surface area contributed by atoms with Crippen LogP contribution in [0.15, 0.2) is 47.4 Å². The molecule has 0 saturated heterocycles. The smallest absolute Gasteiger partial charge is 0.417 e. The Bertz CT molecular complexity index is 964. The molecule has 0 aromatic heterocycles. The number of amides is 1. The van der Waals surface area contributed by atoms with Gasteiger partial charge in [0.05, 0.1) is 15.5 Å². The lowest BCUT2D eigenvalue weighted by atomic mass is 10.2. The van der Waals surface area contributed by atoms with E-state index in [2.05, 4.69) is 10.0 Å². The molecule has 0 spiro atoms. The number of nitrogens with one attached hydrogen (secondary N) is 2. The van der Waals surface area contributed by atoms with E-state index in [0.717, 1.165) is 12.1 Å². The number of sulfonamides is 1. The van der Waals surface area contributed by atoms with Gasteiger partial charge in [-0.2, -0.15) is 13.2 Å². The van der Waals surface area contributed by atoms with Gasteiger partial charge in [0, 0.05) is 12.2 Å². The molecule has 0 unspecified atom stereocenters. The van der Waals surface area contributed by atoms with Crippen LogP contribution in [0.4, 0.5) is 18.9 Å². The molecule has 0 fully saturated rings. The number of halogens is 4. The van der Waals surface area contributed by atoms with Crippen molar-refractivity contribution in [1.29, 1.82) is 0 Å². The molecular weight excluding hydrogens is 433 g/mol. The van der Waals surface area contributed by atoms with Crippen molar-refractivity contribution in [3.63, 3.8) is 0 Å². The van der Waals surface area contributed by atoms with Crippen molar-refractivity contribution in [2.24, 2.45) is 0 Å². The molecule has 29 heavy (non-hydrogen) atoms. The first-order valence-corrected chi connectivity index (χ1v) is 10.3. The topological polar surface area (TPSA) is 84.5 Å². The van der Waals surface area contributed by atoms with E-state index in [1.807, 2.05) is 6.92 Å². The van der Waals surface area contributed by atoms with Crippen LogP contribution >= 0.6 is 11.6 Å². The van der Waals surface area contributed by atoms with Crippen LogP contribution in [-0.2, 0) is 21.0 Å². The van der Waals surface area contributed by atoms with E-state index in [9.17, 15) is 26.4 Å². The van der Waals surface area contributed by atoms with Gasteiger partial charge in [-0.15, -0.1) is 0 Å². The zero-order valence-electron chi connectivity index (χ0n) is 15.2. The molecule has 0 radical (unpaired) electrons. The summed E-state index contributed by atoms with van der Waals surface area (Å²) >= 11 is 5.53. The summed E-state index contributed by atoms with van der Waals surface area (Å²) in [6, 6.07) is 8.38. The van der Waals surface area contributed by atoms with Gasteiger partial charge in [-0.25, -0.2) is 13.1 Å². The largest absolute Gasteiger partial charge is 0.484 e. The summed E-state index contributed by atoms with van der Waals surface area (Å²) in [5.41, 5.74) is -1.15. The normalized spacial score (nSPS) is 11.9. The maximum Gasteiger partial charge on any atom is 0.417 e. The molecule has 11 heteroatoms. The van der Waals surface area contributed by atoms with Crippen LogP contribution in [0.1, 0.15) is 18.9 Å². The zero-order chi connectivity index (χ0) is 21.7. The lowest BCUT2D eigenvalue weighted by Gasteiger charge is -2.12. The fraction of sp³-hybridized carbons (Fsp3) is 0.278. The van der Waals surface area contributed by atoms with Crippen molar-refractivity contribution in [3.8, 4) is 5.75 Å². The molecule has 0 aliphatic carbocycles. The number of benzene rings is 2. The molecule has 2 aromatic carbocycles. The van der Waals surface area contributed by atoms with Crippen molar-refractivity contribution in [2.45, 2.75) is 24.4 Å².